The number of aliphatic hydroxyl groups is 1. The summed E-state index contributed by atoms with van der Waals surface area (Å²) in [6.07, 6.45) is 2.47. The summed E-state index contributed by atoms with van der Waals surface area (Å²) in [6.45, 7) is 4.91. The van der Waals surface area contributed by atoms with Gasteiger partial charge in [0.2, 0.25) is 0 Å². The van der Waals surface area contributed by atoms with Crippen molar-refractivity contribution in [1.29, 1.82) is 0 Å². The van der Waals surface area contributed by atoms with E-state index in [0.29, 0.717) is 6.54 Å². The highest BCUT2D eigenvalue weighted by Gasteiger charge is 2.29. The lowest BCUT2D eigenvalue weighted by Gasteiger charge is -2.32. The molecule has 0 saturated heterocycles. The van der Waals surface area contributed by atoms with E-state index in [0.717, 1.165) is 30.6 Å². The molecule has 1 aromatic carbocycles. The summed E-state index contributed by atoms with van der Waals surface area (Å²) in [6, 6.07) is 4.64. The van der Waals surface area contributed by atoms with Crippen LogP contribution in [-0.4, -0.2) is 29.9 Å². The molecule has 1 aromatic rings. The fourth-order valence-corrected chi connectivity index (χ4v) is 2.51. The third kappa shape index (κ3) is 3.07. The minimum atomic E-state index is -0.233. The molecule has 2 rings (SSSR count). The summed E-state index contributed by atoms with van der Waals surface area (Å²) >= 11 is 0. The lowest BCUT2D eigenvalue weighted by molar-refractivity contribution is 0.130. The fraction of sp³-hybridized carbons (Fsp3) is 0.600. The second-order valence-electron chi connectivity index (χ2n) is 5.22. The number of ether oxygens (including phenoxy) is 1. The van der Waals surface area contributed by atoms with Crippen molar-refractivity contribution in [2.45, 2.75) is 44.8 Å². The van der Waals surface area contributed by atoms with Crippen molar-refractivity contribution in [1.82, 2.24) is 5.32 Å². The number of benzene rings is 1. The standard InChI is InChI=1S/C15H22FNO2/c1-3-15(4-2,10-18)17-9-13-8-11-7-12(16)5-6-14(11)19-13/h5-7,13,17-18H,3-4,8-10H2,1-2H3. The zero-order valence-corrected chi connectivity index (χ0v) is 11.6. The molecule has 1 atom stereocenters. The van der Waals surface area contributed by atoms with Crippen LogP contribution in [0.15, 0.2) is 18.2 Å². The van der Waals surface area contributed by atoms with Gasteiger partial charge in [0.1, 0.15) is 17.7 Å². The van der Waals surface area contributed by atoms with Gasteiger partial charge in [0.15, 0.2) is 0 Å². The molecule has 0 aromatic heterocycles. The molecule has 4 heteroatoms. The molecule has 1 aliphatic heterocycles. The van der Waals surface area contributed by atoms with Gasteiger partial charge in [-0.15, -0.1) is 0 Å². The van der Waals surface area contributed by atoms with Gasteiger partial charge in [-0.25, -0.2) is 4.39 Å². The predicted molar refractivity (Wildman–Crippen MR) is 72.9 cm³/mol. The first-order valence-corrected chi connectivity index (χ1v) is 6.93. The van der Waals surface area contributed by atoms with Gasteiger partial charge in [-0.2, -0.15) is 0 Å². The number of hydrogen-bond acceptors (Lipinski definition) is 3. The molecule has 0 spiro atoms. The lowest BCUT2D eigenvalue weighted by Crippen LogP contribution is -2.50. The maximum atomic E-state index is 13.1. The summed E-state index contributed by atoms with van der Waals surface area (Å²) in [5, 5.41) is 12.9. The van der Waals surface area contributed by atoms with E-state index in [2.05, 4.69) is 19.2 Å². The van der Waals surface area contributed by atoms with E-state index in [-0.39, 0.29) is 24.1 Å². The molecular weight excluding hydrogens is 245 g/mol. The molecule has 0 radical (unpaired) electrons. The third-order valence-corrected chi connectivity index (χ3v) is 4.12. The highest BCUT2D eigenvalue weighted by molar-refractivity contribution is 5.37. The molecule has 1 aliphatic rings. The van der Waals surface area contributed by atoms with Crippen molar-refractivity contribution in [2.75, 3.05) is 13.2 Å². The van der Waals surface area contributed by atoms with Crippen LogP contribution in [0.25, 0.3) is 0 Å². The van der Waals surface area contributed by atoms with Crippen molar-refractivity contribution < 1.29 is 14.2 Å². The van der Waals surface area contributed by atoms with E-state index in [4.69, 9.17) is 4.74 Å². The van der Waals surface area contributed by atoms with E-state index in [1.807, 2.05) is 0 Å². The van der Waals surface area contributed by atoms with E-state index in [1.165, 1.54) is 12.1 Å². The Balaban J connectivity index is 1.93. The van der Waals surface area contributed by atoms with Crippen molar-refractivity contribution in [3.05, 3.63) is 29.6 Å². The Morgan fingerprint density at radius 2 is 2.16 bits per heavy atom. The van der Waals surface area contributed by atoms with E-state index >= 15 is 0 Å². The molecule has 0 aliphatic carbocycles. The van der Waals surface area contributed by atoms with Crippen LogP contribution in [0, 0.1) is 5.82 Å². The topological polar surface area (TPSA) is 41.5 Å². The van der Waals surface area contributed by atoms with Gasteiger partial charge in [-0.1, -0.05) is 13.8 Å². The first-order chi connectivity index (χ1) is 9.12. The van der Waals surface area contributed by atoms with Crippen LogP contribution < -0.4 is 10.1 Å². The highest BCUT2D eigenvalue weighted by Crippen LogP contribution is 2.29. The Morgan fingerprint density at radius 1 is 1.42 bits per heavy atom. The van der Waals surface area contributed by atoms with Gasteiger partial charge in [0.05, 0.1) is 6.61 Å². The minimum absolute atomic E-state index is 0.0147. The molecule has 3 nitrogen and oxygen atoms in total. The minimum Gasteiger partial charge on any atom is -0.488 e. The fourth-order valence-electron chi connectivity index (χ4n) is 2.51. The summed E-state index contributed by atoms with van der Waals surface area (Å²) in [5.41, 5.74) is 0.693. The third-order valence-electron chi connectivity index (χ3n) is 4.12. The van der Waals surface area contributed by atoms with Gasteiger partial charge in [0.25, 0.3) is 0 Å². The molecule has 1 unspecified atom stereocenters. The maximum absolute atomic E-state index is 13.1. The van der Waals surface area contributed by atoms with Crippen molar-refractivity contribution in [3.63, 3.8) is 0 Å². The molecule has 106 valence electrons. The average molecular weight is 267 g/mol. The van der Waals surface area contributed by atoms with Crippen molar-refractivity contribution in [3.8, 4) is 5.75 Å². The Kier molecular flexibility index (Phi) is 4.42. The number of fused-ring (bicyclic) bond motifs is 1. The van der Waals surface area contributed by atoms with Crippen molar-refractivity contribution >= 4 is 0 Å². The van der Waals surface area contributed by atoms with E-state index in [1.54, 1.807) is 6.07 Å². The number of nitrogens with one attached hydrogen (secondary N) is 1. The van der Waals surface area contributed by atoms with Gasteiger partial charge in [-0.05, 0) is 31.0 Å². The van der Waals surface area contributed by atoms with Crippen LogP contribution in [0.3, 0.4) is 0 Å². The number of aliphatic hydroxyl groups excluding tert-OH is 1. The molecule has 0 fully saturated rings. The molecule has 0 amide bonds. The van der Waals surface area contributed by atoms with Crippen LogP contribution in [0.2, 0.25) is 0 Å². The SMILES string of the molecule is CCC(CC)(CO)NCC1Cc2cc(F)ccc2O1. The Labute approximate surface area is 113 Å². The van der Waals surface area contributed by atoms with Crippen LogP contribution >= 0.6 is 0 Å². The second-order valence-corrected chi connectivity index (χ2v) is 5.22. The normalized spacial score (nSPS) is 18.2. The zero-order valence-electron chi connectivity index (χ0n) is 11.6. The molecule has 1 heterocycles. The summed E-state index contributed by atoms with van der Waals surface area (Å²) in [4.78, 5) is 0. The number of rotatable bonds is 6. The summed E-state index contributed by atoms with van der Waals surface area (Å²) < 4.78 is 18.9. The van der Waals surface area contributed by atoms with Gasteiger partial charge in [0, 0.05) is 24.1 Å². The highest BCUT2D eigenvalue weighted by atomic mass is 19.1. The smallest absolute Gasteiger partial charge is 0.123 e. The number of halogens is 1. The van der Waals surface area contributed by atoms with Crippen molar-refractivity contribution in [2.24, 2.45) is 0 Å². The maximum Gasteiger partial charge on any atom is 0.123 e. The molecule has 0 saturated carbocycles. The quantitative estimate of drug-likeness (QED) is 0.831. The molecule has 2 N–H and O–H groups in total. The predicted octanol–water partition coefficient (Wildman–Crippen LogP) is 2.27. The Morgan fingerprint density at radius 3 is 2.79 bits per heavy atom. The van der Waals surface area contributed by atoms with Gasteiger partial charge in [-0.3, -0.25) is 0 Å². The first-order valence-electron chi connectivity index (χ1n) is 6.93. The average Bonchev–Trinajstić information content (AvgIpc) is 2.83. The second kappa shape index (κ2) is 5.88. The van der Waals surface area contributed by atoms with Gasteiger partial charge < -0.3 is 15.2 Å². The van der Waals surface area contributed by atoms with Crippen LogP contribution in [-0.2, 0) is 6.42 Å². The Bertz CT molecular complexity index is 424. The number of hydrogen-bond donors (Lipinski definition) is 2. The van der Waals surface area contributed by atoms with Crippen LogP contribution in [0.4, 0.5) is 4.39 Å². The van der Waals surface area contributed by atoms with Crippen LogP contribution in [0.5, 0.6) is 5.75 Å². The van der Waals surface area contributed by atoms with Crippen LogP contribution in [0.1, 0.15) is 32.3 Å². The van der Waals surface area contributed by atoms with E-state index in [9.17, 15) is 9.50 Å². The molecular formula is C15H22FNO2. The van der Waals surface area contributed by atoms with E-state index < -0.39 is 0 Å². The first kappa shape index (κ1) is 14.3. The van der Waals surface area contributed by atoms with Gasteiger partial charge >= 0.3 is 0 Å². The molecule has 0 bridgehead atoms. The largest absolute Gasteiger partial charge is 0.488 e. The zero-order chi connectivity index (χ0) is 13.9. The summed E-state index contributed by atoms with van der Waals surface area (Å²) in [7, 11) is 0. The Hall–Kier alpha value is -1.13. The lowest BCUT2D eigenvalue weighted by atomic mass is 9.93. The summed E-state index contributed by atoms with van der Waals surface area (Å²) in [5.74, 6) is 0.554. The molecule has 19 heavy (non-hydrogen) atoms. The monoisotopic (exact) mass is 267 g/mol.